The van der Waals surface area contributed by atoms with Crippen molar-refractivity contribution in [2.45, 2.75) is 39.5 Å². The number of ketones is 1. The van der Waals surface area contributed by atoms with Gasteiger partial charge in [-0.15, -0.1) is 0 Å². The molecular formula is C16H21NO2. The maximum Gasteiger partial charge on any atom is 0.157 e. The molecular weight excluding hydrogens is 238 g/mol. The Morgan fingerprint density at radius 2 is 2.16 bits per heavy atom. The molecule has 1 aromatic carbocycles. The molecule has 19 heavy (non-hydrogen) atoms. The quantitative estimate of drug-likeness (QED) is 0.784. The Balaban J connectivity index is 3.13. The Hall–Kier alpha value is -1.82. The van der Waals surface area contributed by atoms with E-state index in [9.17, 15) is 10.1 Å². The summed E-state index contributed by atoms with van der Waals surface area (Å²) in [4.78, 5) is 12.4. The molecule has 0 aliphatic rings. The number of rotatable bonds is 6. The molecule has 0 aromatic heterocycles. The van der Waals surface area contributed by atoms with E-state index in [4.69, 9.17) is 4.74 Å². The third-order valence-electron chi connectivity index (χ3n) is 3.32. The van der Waals surface area contributed by atoms with Crippen LogP contribution in [-0.4, -0.2) is 12.9 Å². The van der Waals surface area contributed by atoms with Crippen molar-refractivity contribution in [2.75, 3.05) is 7.11 Å². The normalized spacial score (nSPS) is 13.4. The zero-order valence-corrected chi connectivity index (χ0v) is 12.1. The van der Waals surface area contributed by atoms with Gasteiger partial charge in [-0.05, 0) is 19.4 Å². The van der Waals surface area contributed by atoms with E-state index in [1.54, 1.807) is 7.11 Å². The van der Waals surface area contributed by atoms with Gasteiger partial charge in [0.15, 0.2) is 5.78 Å². The predicted molar refractivity (Wildman–Crippen MR) is 75.2 cm³/mol. The van der Waals surface area contributed by atoms with Gasteiger partial charge in [-0.25, -0.2) is 0 Å². The van der Waals surface area contributed by atoms with Crippen LogP contribution in [0.3, 0.4) is 0 Å². The lowest BCUT2D eigenvalue weighted by molar-refractivity contribution is -0.122. The maximum atomic E-state index is 12.4. The standard InChI is InChI=1S/C16H21NO2/c1-5-6-12(3)16(18)14(10-17)13-9-11(2)7-8-15(13)19-4/h7-9,12,14H,5-6H2,1-4H3. The minimum absolute atomic E-state index is 0.0201. The largest absolute Gasteiger partial charge is 0.496 e. The zero-order chi connectivity index (χ0) is 14.4. The summed E-state index contributed by atoms with van der Waals surface area (Å²) < 4.78 is 5.27. The summed E-state index contributed by atoms with van der Waals surface area (Å²) in [5.74, 6) is -0.251. The molecule has 0 N–H and O–H groups in total. The van der Waals surface area contributed by atoms with Crippen LogP contribution in [-0.2, 0) is 4.79 Å². The monoisotopic (exact) mass is 259 g/mol. The number of methoxy groups -OCH3 is 1. The van der Waals surface area contributed by atoms with Crippen LogP contribution in [0, 0.1) is 24.2 Å². The topological polar surface area (TPSA) is 50.1 Å². The van der Waals surface area contributed by atoms with Crippen LogP contribution >= 0.6 is 0 Å². The summed E-state index contributed by atoms with van der Waals surface area (Å²) in [6.07, 6.45) is 1.75. The fourth-order valence-corrected chi connectivity index (χ4v) is 2.23. The van der Waals surface area contributed by atoms with Gasteiger partial charge < -0.3 is 4.74 Å². The Kier molecular flexibility index (Phi) is 5.57. The highest BCUT2D eigenvalue weighted by molar-refractivity contribution is 5.90. The number of benzene rings is 1. The van der Waals surface area contributed by atoms with E-state index < -0.39 is 5.92 Å². The van der Waals surface area contributed by atoms with Crippen molar-refractivity contribution in [1.29, 1.82) is 5.26 Å². The second kappa shape index (κ2) is 6.94. The van der Waals surface area contributed by atoms with Crippen LogP contribution in [0.25, 0.3) is 0 Å². The number of hydrogen-bond acceptors (Lipinski definition) is 3. The van der Waals surface area contributed by atoms with Crippen LogP contribution in [0.5, 0.6) is 5.75 Å². The first-order chi connectivity index (χ1) is 9.04. The smallest absolute Gasteiger partial charge is 0.157 e. The molecule has 3 nitrogen and oxygen atoms in total. The number of nitrogens with zero attached hydrogens (tertiary/aromatic N) is 1. The second-order valence-electron chi connectivity index (χ2n) is 4.90. The summed E-state index contributed by atoms with van der Waals surface area (Å²) in [7, 11) is 1.56. The van der Waals surface area contributed by atoms with Gasteiger partial charge in [0, 0.05) is 11.5 Å². The van der Waals surface area contributed by atoms with Crippen LogP contribution in [0.2, 0.25) is 0 Å². The molecule has 0 aliphatic carbocycles. The fourth-order valence-electron chi connectivity index (χ4n) is 2.23. The van der Waals surface area contributed by atoms with Crippen LogP contribution in [0.1, 0.15) is 43.7 Å². The molecule has 0 bridgehead atoms. The van der Waals surface area contributed by atoms with Crippen LogP contribution in [0.4, 0.5) is 0 Å². The van der Waals surface area contributed by atoms with Crippen molar-refractivity contribution >= 4 is 5.78 Å². The van der Waals surface area contributed by atoms with Gasteiger partial charge in [0.25, 0.3) is 0 Å². The average molecular weight is 259 g/mol. The van der Waals surface area contributed by atoms with Gasteiger partial charge in [0.2, 0.25) is 0 Å². The SMILES string of the molecule is CCCC(C)C(=O)C(C#N)c1cc(C)ccc1OC. The minimum atomic E-state index is -0.739. The van der Waals surface area contributed by atoms with E-state index in [-0.39, 0.29) is 11.7 Å². The highest BCUT2D eigenvalue weighted by Crippen LogP contribution is 2.30. The van der Waals surface area contributed by atoms with E-state index in [0.29, 0.717) is 11.3 Å². The first-order valence-electron chi connectivity index (χ1n) is 6.63. The number of carbonyl (C=O) groups is 1. The fraction of sp³-hybridized carbons (Fsp3) is 0.500. The van der Waals surface area contributed by atoms with Gasteiger partial charge in [-0.2, -0.15) is 5.26 Å². The van der Waals surface area contributed by atoms with Crippen molar-refractivity contribution < 1.29 is 9.53 Å². The molecule has 0 saturated heterocycles. The number of carbonyl (C=O) groups excluding carboxylic acids is 1. The van der Waals surface area contributed by atoms with Gasteiger partial charge in [0.1, 0.15) is 11.7 Å². The lowest BCUT2D eigenvalue weighted by Gasteiger charge is -2.17. The Morgan fingerprint density at radius 1 is 1.47 bits per heavy atom. The van der Waals surface area contributed by atoms with E-state index in [1.165, 1.54) is 0 Å². The molecule has 0 saturated carbocycles. The van der Waals surface area contributed by atoms with Gasteiger partial charge in [0.05, 0.1) is 13.2 Å². The molecule has 1 rings (SSSR count). The molecule has 102 valence electrons. The summed E-state index contributed by atoms with van der Waals surface area (Å²) >= 11 is 0. The van der Waals surface area contributed by atoms with Crippen molar-refractivity contribution in [1.82, 2.24) is 0 Å². The second-order valence-corrected chi connectivity index (χ2v) is 4.90. The van der Waals surface area contributed by atoms with Gasteiger partial charge in [-0.3, -0.25) is 4.79 Å². The number of aryl methyl sites for hydroxylation is 1. The molecule has 0 heterocycles. The lowest BCUT2D eigenvalue weighted by atomic mass is 9.86. The first kappa shape index (κ1) is 15.2. The molecule has 0 radical (unpaired) electrons. The summed E-state index contributed by atoms with van der Waals surface area (Å²) in [5.41, 5.74) is 1.70. The first-order valence-corrected chi connectivity index (χ1v) is 6.63. The van der Waals surface area contributed by atoms with E-state index in [0.717, 1.165) is 18.4 Å². The average Bonchev–Trinajstić information content (AvgIpc) is 2.40. The molecule has 1 aromatic rings. The van der Waals surface area contributed by atoms with Crippen molar-refractivity contribution in [3.05, 3.63) is 29.3 Å². The predicted octanol–water partition coefficient (Wildman–Crippen LogP) is 3.62. The zero-order valence-electron chi connectivity index (χ0n) is 12.1. The summed E-state index contributed by atoms with van der Waals surface area (Å²) in [5, 5.41) is 9.35. The van der Waals surface area contributed by atoms with E-state index >= 15 is 0 Å². The van der Waals surface area contributed by atoms with Crippen molar-refractivity contribution in [2.24, 2.45) is 5.92 Å². The Morgan fingerprint density at radius 3 is 2.68 bits per heavy atom. The molecule has 0 fully saturated rings. The molecule has 0 amide bonds. The molecule has 0 spiro atoms. The maximum absolute atomic E-state index is 12.4. The van der Waals surface area contributed by atoms with Crippen LogP contribution in [0.15, 0.2) is 18.2 Å². The Labute approximate surface area is 115 Å². The molecule has 2 unspecified atom stereocenters. The number of hydrogen-bond donors (Lipinski definition) is 0. The summed E-state index contributed by atoms with van der Waals surface area (Å²) in [6.45, 7) is 5.87. The molecule has 2 atom stereocenters. The highest BCUT2D eigenvalue weighted by Gasteiger charge is 2.27. The lowest BCUT2D eigenvalue weighted by Crippen LogP contribution is -2.19. The molecule has 0 aliphatic heterocycles. The van der Waals surface area contributed by atoms with E-state index in [2.05, 4.69) is 6.07 Å². The van der Waals surface area contributed by atoms with Crippen LogP contribution < -0.4 is 4.74 Å². The van der Waals surface area contributed by atoms with Crippen molar-refractivity contribution in [3.63, 3.8) is 0 Å². The molecule has 3 heteroatoms. The number of ether oxygens (including phenoxy) is 1. The van der Waals surface area contributed by atoms with E-state index in [1.807, 2.05) is 39.0 Å². The third-order valence-corrected chi connectivity index (χ3v) is 3.32. The van der Waals surface area contributed by atoms with Gasteiger partial charge in [-0.1, -0.05) is 38.0 Å². The Bertz CT molecular complexity index is 488. The van der Waals surface area contributed by atoms with Crippen molar-refractivity contribution in [3.8, 4) is 11.8 Å². The van der Waals surface area contributed by atoms with Gasteiger partial charge >= 0.3 is 0 Å². The number of Topliss-reactive ketones (excluding diaryl/α,β-unsaturated/α-hetero) is 1. The minimum Gasteiger partial charge on any atom is -0.496 e. The summed E-state index contributed by atoms with van der Waals surface area (Å²) in [6, 6.07) is 7.72. The highest BCUT2D eigenvalue weighted by atomic mass is 16.5. The number of nitriles is 1. The third kappa shape index (κ3) is 3.57.